The topological polar surface area (TPSA) is 139 Å². The Labute approximate surface area is 233 Å². The van der Waals surface area contributed by atoms with Crippen LogP contribution in [-0.4, -0.2) is 36.9 Å². The van der Waals surface area contributed by atoms with Crippen molar-refractivity contribution in [2.24, 2.45) is 0 Å². The lowest BCUT2D eigenvalue weighted by molar-refractivity contribution is -0.385. The second kappa shape index (κ2) is 10.6. The average molecular weight is 584 g/mol. The summed E-state index contributed by atoms with van der Waals surface area (Å²) in [6, 6.07) is 10.4. The molecule has 198 valence electrons. The van der Waals surface area contributed by atoms with Crippen molar-refractivity contribution in [1.82, 2.24) is 15.2 Å². The van der Waals surface area contributed by atoms with E-state index in [2.05, 4.69) is 15.2 Å². The summed E-state index contributed by atoms with van der Waals surface area (Å²) in [5, 5.41) is 31.8. The van der Waals surface area contributed by atoms with Gasteiger partial charge in [0, 0.05) is 11.8 Å². The molecule has 0 bridgehead atoms. The van der Waals surface area contributed by atoms with Crippen molar-refractivity contribution >= 4 is 56.9 Å². The number of nitrogens with zero attached hydrogens (tertiary/aromatic N) is 5. The second-order valence-corrected chi connectivity index (χ2v) is 11.8. The van der Waals surface area contributed by atoms with E-state index in [-0.39, 0.29) is 32.6 Å². The van der Waals surface area contributed by atoms with E-state index in [4.69, 9.17) is 0 Å². The normalized spacial score (nSPS) is 15.3. The van der Waals surface area contributed by atoms with Crippen molar-refractivity contribution in [3.05, 3.63) is 103 Å². The first-order chi connectivity index (χ1) is 18.7. The van der Waals surface area contributed by atoms with Gasteiger partial charge in [-0.2, -0.15) is 0 Å². The molecule has 0 saturated heterocycles. The number of carbonyl (C=O) groups excluding carboxylic acids is 2. The minimum Gasteiger partial charge on any atom is -0.503 e. The molecular weight excluding hydrogens is 566 g/mol. The fourth-order valence-electron chi connectivity index (χ4n) is 4.16. The van der Waals surface area contributed by atoms with Crippen molar-refractivity contribution in [2.75, 3.05) is 4.90 Å². The minimum absolute atomic E-state index is 0.0397. The number of ketones is 1. The van der Waals surface area contributed by atoms with E-state index < -0.39 is 28.4 Å². The molecule has 2 aromatic heterocycles. The number of anilines is 1. The maximum Gasteiger partial charge on any atom is 0.296 e. The van der Waals surface area contributed by atoms with Crippen LogP contribution in [0.4, 0.5) is 15.2 Å². The van der Waals surface area contributed by atoms with Gasteiger partial charge >= 0.3 is 0 Å². The molecule has 1 unspecified atom stereocenters. The van der Waals surface area contributed by atoms with E-state index in [1.807, 2.05) is 0 Å². The Kier molecular flexibility index (Phi) is 7.25. The Bertz CT molecular complexity index is 1650. The van der Waals surface area contributed by atoms with Gasteiger partial charge in [-0.3, -0.25) is 24.6 Å². The van der Waals surface area contributed by atoms with E-state index in [0.717, 1.165) is 33.1 Å². The summed E-state index contributed by atoms with van der Waals surface area (Å²) in [6.07, 6.45) is 0. The van der Waals surface area contributed by atoms with Crippen LogP contribution in [0.5, 0.6) is 0 Å². The molecular formula is C25H18FN5O5S3. The summed E-state index contributed by atoms with van der Waals surface area (Å²) >= 11 is 3.44. The lowest BCUT2D eigenvalue weighted by atomic mass is 9.94. The van der Waals surface area contributed by atoms with Crippen LogP contribution in [0.2, 0.25) is 0 Å². The Morgan fingerprint density at radius 2 is 1.87 bits per heavy atom. The number of thiazole rings is 1. The number of hydrogen-bond acceptors (Lipinski definition) is 11. The van der Waals surface area contributed by atoms with Crippen LogP contribution >= 0.6 is 34.4 Å². The monoisotopic (exact) mass is 583 g/mol. The zero-order valence-corrected chi connectivity index (χ0v) is 22.8. The number of aromatic nitrogens is 3. The number of aliphatic hydroxyl groups is 1. The zero-order chi connectivity index (χ0) is 27.8. The number of carbonyl (C=O) groups is 2. The summed E-state index contributed by atoms with van der Waals surface area (Å²) in [7, 11) is 0. The van der Waals surface area contributed by atoms with Gasteiger partial charge in [-0.25, -0.2) is 9.37 Å². The first-order valence-corrected chi connectivity index (χ1v) is 14.0. The minimum atomic E-state index is -1.32. The Hall–Kier alpha value is -4.01. The summed E-state index contributed by atoms with van der Waals surface area (Å²) in [5.74, 6) is -2.29. The van der Waals surface area contributed by atoms with E-state index in [1.54, 1.807) is 32.0 Å². The molecule has 0 fully saturated rings. The Balaban J connectivity index is 1.56. The van der Waals surface area contributed by atoms with Gasteiger partial charge in [-0.15, -0.1) is 21.5 Å². The number of thioether (sulfide) groups is 1. The number of rotatable bonds is 8. The van der Waals surface area contributed by atoms with Gasteiger partial charge in [-0.05, 0) is 37.6 Å². The number of nitro groups is 1. The highest BCUT2D eigenvalue weighted by molar-refractivity contribution is 8.00. The van der Waals surface area contributed by atoms with E-state index in [1.165, 1.54) is 42.1 Å². The zero-order valence-electron chi connectivity index (χ0n) is 20.3. The SMILES string of the molecule is Cc1nc(C)c(C(=O)C2=C(O)C(=O)N(c3nnc(SCc4ccc(F)cc4)s3)C2c2ccccc2[N+](=O)[O-])s1. The molecule has 1 aliphatic rings. The van der Waals surface area contributed by atoms with Gasteiger partial charge in [0.05, 0.1) is 31.6 Å². The number of nitro benzene ring substituents is 1. The van der Waals surface area contributed by atoms with Crippen molar-refractivity contribution in [2.45, 2.75) is 30.0 Å². The molecule has 1 atom stereocenters. The van der Waals surface area contributed by atoms with Gasteiger partial charge in [-0.1, -0.05) is 47.4 Å². The molecule has 5 rings (SSSR count). The second-order valence-electron chi connectivity index (χ2n) is 8.40. The number of Topliss-reactive ketones (excluding diaryl/α,β-unsaturated/α-hetero) is 1. The predicted molar refractivity (Wildman–Crippen MR) is 145 cm³/mol. The van der Waals surface area contributed by atoms with E-state index in [0.29, 0.717) is 20.8 Å². The van der Waals surface area contributed by atoms with Gasteiger partial charge in [0.2, 0.25) is 10.9 Å². The van der Waals surface area contributed by atoms with E-state index in [9.17, 15) is 29.2 Å². The largest absolute Gasteiger partial charge is 0.503 e. The van der Waals surface area contributed by atoms with Crippen LogP contribution in [0.15, 0.2) is 64.2 Å². The standard InChI is InChI=1S/C25H18FN5O5S3/c1-12-22(38-13(2)27-12)20(32)18-19(16-5-3-4-6-17(16)31(35)36)30(23(34)21(18)33)24-28-29-25(39-24)37-11-14-7-9-15(26)10-8-14/h3-10,19,33H,11H2,1-2H3. The maximum absolute atomic E-state index is 13.7. The molecule has 1 amide bonds. The number of halogens is 1. The van der Waals surface area contributed by atoms with Gasteiger partial charge in [0.25, 0.3) is 11.6 Å². The lowest BCUT2D eigenvalue weighted by Gasteiger charge is -2.23. The van der Waals surface area contributed by atoms with Gasteiger partial charge in [0.15, 0.2) is 10.1 Å². The molecule has 14 heteroatoms. The molecule has 0 aliphatic carbocycles. The number of benzene rings is 2. The highest BCUT2D eigenvalue weighted by Gasteiger charge is 2.48. The third kappa shape index (κ3) is 5.05. The fourth-order valence-corrected chi connectivity index (χ4v) is 6.86. The summed E-state index contributed by atoms with van der Waals surface area (Å²) in [4.78, 5) is 44.0. The molecule has 4 aromatic rings. The molecule has 0 radical (unpaired) electrons. The first kappa shape index (κ1) is 26.6. The smallest absolute Gasteiger partial charge is 0.296 e. The number of para-hydroxylation sites is 1. The number of aliphatic hydroxyl groups excluding tert-OH is 1. The van der Waals surface area contributed by atoms with Crippen molar-refractivity contribution in [3.8, 4) is 0 Å². The van der Waals surface area contributed by atoms with Crippen LogP contribution in [0, 0.1) is 29.8 Å². The molecule has 2 aromatic carbocycles. The maximum atomic E-state index is 13.7. The quantitative estimate of drug-likeness (QED) is 0.0905. The highest BCUT2D eigenvalue weighted by atomic mass is 32.2. The van der Waals surface area contributed by atoms with Gasteiger partial charge in [0.1, 0.15) is 11.9 Å². The van der Waals surface area contributed by atoms with Crippen molar-refractivity contribution < 1.29 is 24.0 Å². The summed E-state index contributed by atoms with van der Waals surface area (Å²) in [6.45, 7) is 3.36. The van der Waals surface area contributed by atoms with Crippen LogP contribution in [-0.2, 0) is 10.5 Å². The summed E-state index contributed by atoms with van der Waals surface area (Å²) < 4.78 is 13.7. The Morgan fingerprint density at radius 3 is 2.54 bits per heavy atom. The number of hydrogen-bond donors (Lipinski definition) is 1. The van der Waals surface area contributed by atoms with Crippen LogP contribution in [0.3, 0.4) is 0 Å². The van der Waals surface area contributed by atoms with Crippen LogP contribution < -0.4 is 4.90 Å². The van der Waals surface area contributed by atoms with Crippen molar-refractivity contribution in [3.63, 3.8) is 0 Å². The highest BCUT2D eigenvalue weighted by Crippen LogP contribution is 2.46. The van der Waals surface area contributed by atoms with E-state index >= 15 is 0 Å². The molecule has 1 aliphatic heterocycles. The lowest BCUT2D eigenvalue weighted by Crippen LogP contribution is -2.31. The third-order valence-electron chi connectivity index (χ3n) is 5.87. The van der Waals surface area contributed by atoms with Crippen LogP contribution in [0.1, 0.15) is 37.5 Å². The fraction of sp³-hybridized carbons (Fsp3) is 0.160. The number of aryl methyl sites for hydroxylation is 2. The third-order valence-corrected chi connectivity index (χ3v) is 9.07. The molecule has 0 spiro atoms. The van der Waals surface area contributed by atoms with Gasteiger partial charge < -0.3 is 5.11 Å². The predicted octanol–water partition coefficient (Wildman–Crippen LogP) is 5.73. The molecule has 0 saturated carbocycles. The molecule has 39 heavy (non-hydrogen) atoms. The molecule has 1 N–H and O–H groups in total. The first-order valence-electron chi connectivity index (χ1n) is 11.3. The van der Waals surface area contributed by atoms with Crippen LogP contribution in [0.25, 0.3) is 0 Å². The molecule has 10 nitrogen and oxygen atoms in total. The summed E-state index contributed by atoms with van der Waals surface area (Å²) in [5.41, 5.74) is 0.684. The average Bonchev–Trinajstić information content (AvgIpc) is 3.59. The Morgan fingerprint density at radius 1 is 1.15 bits per heavy atom. The number of amides is 1. The van der Waals surface area contributed by atoms with Crippen molar-refractivity contribution in [1.29, 1.82) is 0 Å². The molecule has 3 heterocycles.